The van der Waals surface area contributed by atoms with Crippen molar-refractivity contribution in [2.75, 3.05) is 13.1 Å². The first-order chi connectivity index (χ1) is 11.1. The Morgan fingerprint density at radius 1 is 1.17 bits per heavy atom. The number of halogens is 1. The summed E-state index contributed by atoms with van der Waals surface area (Å²) in [6, 6.07) is 7.21. The van der Waals surface area contributed by atoms with Crippen LogP contribution in [0.25, 0.3) is 0 Å². The van der Waals surface area contributed by atoms with Crippen molar-refractivity contribution in [3.8, 4) is 0 Å². The largest absolute Gasteiger partial charge is 0.354 e. The van der Waals surface area contributed by atoms with Gasteiger partial charge in [0.15, 0.2) is 0 Å². The van der Waals surface area contributed by atoms with Gasteiger partial charge in [0.25, 0.3) is 5.91 Å². The minimum absolute atomic E-state index is 0.00464. The smallest absolute Gasteiger partial charge is 0.251 e. The lowest BCUT2D eigenvalue weighted by molar-refractivity contribution is -0.127. The number of carbonyl (C=O) groups is 2. The zero-order valence-corrected chi connectivity index (χ0v) is 14.5. The number of hydrogen-bond donors (Lipinski definition) is 3. The van der Waals surface area contributed by atoms with Crippen LogP contribution in [0.2, 0.25) is 0 Å². The molecule has 2 saturated carbocycles. The summed E-state index contributed by atoms with van der Waals surface area (Å²) in [6.07, 6.45) is 3.38. The van der Waals surface area contributed by atoms with Gasteiger partial charge >= 0.3 is 0 Å². The molecule has 0 aliphatic heterocycles. The molecule has 0 spiro atoms. The van der Waals surface area contributed by atoms with E-state index in [4.69, 9.17) is 5.73 Å². The summed E-state index contributed by atoms with van der Waals surface area (Å²) >= 11 is 3.34. The maximum absolute atomic E-state index is 12.3. The lowest BCUT2D eigenvalue weighted by atomic mass is 9.84. The van der Waals surface area contributed by atoms with Crippen molar-refractivity contribution in [2.24, 2.45) is 23.5 Å². The molecular formula is C17H22BrN3O2. The Balaban J connectivity index is 1.41. The second-order valence-electron chi connectivity index (χ2n) is 6.49. The fourth-order valence-electron chi connectivity index (χ4n) is 3.94. The summed E-state index contributed by atoms with van der Waals surface area (Å²) in [7, 11) is 0. The third-order valence-electron chi connectivity index (χ3n) is 5.08. The molecule has 2 bridgehead atoms. The molecule has 23 heavy (non-hydrogen) atoms. The molecule has 2 fully saturated rings. The topological polar surface area (TPSA) is 84.2 Å². The number of carbonyl (C=O) groups excluding carboxylic acids is 2. The van der Waals surface area contributed by atoms with Gasteiger partial charge in [-0.25, -0.2) is 0 Å². The van der Waals surface area contributed by atoms with Crippen LogP contribution < -0.4 is 16.4 Å². The Morgan fingerprint density at radius 2 is 1.91 bits per heavy atom. The third-order valence-corrected chi connectivity index (χ3v) is 5.57. The molecule has 1 aromatic carbocycles. The predicted octanol–water partition coefficient (Wildman–Crippen LogP) is 1.67. The number of nitrogens with two attached hydrogens (primary N) is 1. The van der Waals surface area contributed by atoms with Crippen molar-refractivity contribution in [1.29, 1.82) is 0 Å². The molecule has 2 amide bonds. The second-order valence-corrected chi connectivity index (χ2v) is 7.41. The van der Waals surface area contributed by atoms with E-state index in [2.05, 4.69) is 26.6 Å². The number of amides is 2. The van der Waals surface area contributed by atoms with Gasteiger partial charge in [-0.3, -0.25) is 9.59 Å². The standard InChI is InChI=1S/C17H22BrN3O2/c18-13-3-1-2-12(9-13)16(22)20-6-7-21-17(23)14-10-4-5-11(8-10)15(14)19/h1-3,9-11,14-15H,4-8,19H2,(H,20,22)(H,21,23). The van der Waals surface area contributed by atoms with Crippen LogP contribution in [-0.2, 0) is 4.79 Å². The van der Waals surface area contributed by atoms with E-state index in [9.17, 15) is 9.59 Å². The first-order valence-corrected chi connectivity index (χ1v) is 8.92. The monoisotopic (exact) mass is 379 g/mol. The summed E-state index contributed by atoms with van der Waals surface area (Å²) < 4.78 is 0.865. The maximum Gasteiger partial charge on any atom is 0.251 e. The predicted molar refractivity (Wildman–Crippen MR) is 91.8 cm³/mol. The quantitative estimate of drug-likeness (QED) is 0.680. The van der Waals surface area contributed by atoms with Crippen LogP contribution >= 0.6 is 15.9 Å². The van der Waals surface area contributed by atoms with Crippen LogP contribution in [0.3, 0.4) is 0 Å². The van der Waals surface area contributed by atoms with Gasteiger partial charge in [0.05, 0.1) is 5.92 Å². The molecule has 4 unspecified atom stereocenters. The minimum atomic E-state index is -0.142. The Bertz CT molecular complexity index is 605. The molecule has 0 radical (unpaired) electrons. The van der Waals surface area contributed by atoms with E-state index in [1.165, 1.54) is 0 Å². The van der Waals surface area contributed by atoms with E-state index in [1.807, 2.05) is 12.1 Å². The lowest BCUT2D eigenvalue weighted by Gasteiger charge is -2.27. The Kier molecular flexibility index (Phi) is 5.02. The fraction of sp³-hybridized carbons (Fsp3) is 0.529. The molecule has 0 aromatic heterocycles. The van der Waals surface area contributed by atoms with E-state index in [0.29, 0.717) is 30.5 Å². The van der Waals surface area contributed by atoms with Crippen LogP contribution in [0.1, 0.15) is 29.6 Å². The van der Waals surface area contributed by atoms with Crippen LogP contribution in [0.5, 0.6) is 0 Å². The molecule has 5 nitrogen and oxygen atoms in total. The fourth-order valence-corrected chi connectivity index (χ4v) is 4.34. The molecule has 3 rings (SSSR count). The molecule has 0 heterocycles. The normalized spacial score (nSPS) is 28.6. The van der Waals surface area contributed by atoms with Crippen LogP contribution in [0.4, 0.5) is 0 Å². The van der Waals surface area contributed by atoms with Gasteiger partial charge in [-0.05, 0) is 49.3 Å². The summed E-state index contributed by atoms with van der Waals surface area (Å²) in [5.41, 5.74) is 6.77. The SMILES string of the molecule is NC1C2CCC(C2)C1C(=O)NCCNC(=O)c1cccc(Br)c1. The molecule has 4 N–H and O–H groups in total. The number of rotatable bonds is 5. The van der Waals surface area contributed by atoms with Gasteiger partial charge < -0.3 is 16.4 Å². The van der Waals surface area contributed by atoms with Crippen molar-refractivity contribution < 1.29 is 9.59 Å². The highest BCUT2D eigenvalue weighted by molar-refractivity contribution is 9.10. The van der Waals surface area contributed by atoms with Gasteiger partial charge in [-0.2, -0.15) is 0 Å². The van der Waals surface area contributed by atoms with E-state index in [-0.39, 0.29) is 23.8 Å². The molecule has 6 heteroatoms. The first-order valence-electron chi connectivity index (χ1n) is 8.13. The molecule has 4 atom stereocenters. The number of nitrogens with one attached hydrogen (secondary N) is 2. The molecule has 124 valence electrons. The summed E-state index contributed by atoms with van der Waals surface area (Å²) in [5.74, 6) is 0.825. The molecule has 1 aromatic rings. The van der Waals surface area contributed by atoms with Gasteiger partial charge in [-0.1, -0.05) is 22.0 Å². The van der Waals surface area contributed by atoms with E-state index in [0.717, 1.165) is 23.7 Å². The van der Waals surface area contributed by atoms with E-state index >= 15 is 0 Å². The van der Waals surface area contributed by atoms with Crippen LogP contribution in [0, 0.1) is 17.8 Å². The first kappa shape index (κ1) is 16.5. The Hall–Kier alpha value is -1.40. The minimum Gasteiger partial charge on any atom is -0.354 e. The summed E-state index contributed by atoms with van der Waals surface area (Å²) in [6.45, 7) is 0.840. The average Bonchev–Trinajstić information content (AvgIpc) is 3.12. The van der Waals surface area contributed by atoms with Crippen molar-refractivity contribution in [2.45, 2.75) is 25.3 Å². The van der Waals surface area contributed by atoms with Gasteiger partial charge in [0.1, 0.15) is 0 Å². The Morgan fingerprint density at radius 3 is 2.61 bits per heavy atom. The average molecular weight is 380 g/mol. The number of fused-ring (bicyclic) bond motifs is 2. The zero-order chi connectivity index (χ0) is 16.4. The Labute approximate surface area is 144 Å². The third kappa shape index (κ3) is 3.58. The molecule has 2 aliphatic carbocycles. The van der Waals surface area contributed by atoms with Crippen molar-refractivity contribution in [3.05, 3.63) is 34.3 Å². The lowest BCUT2D eigenvalue weighted by Crippen LogP contribution is -2.46. The summed E-state index contributed by atoms with van der Waals surface area (Å²) in [4.78, 5) is 24.3. The van der Waals surface area contributed by atoms with Crippen LogP contribution in [0.15, 0.2) is 28.7 Å². The number of benzene rings is 1. The van der Waals surface area contributed by atoms with E-state index in [1.54, 1.807) is 12.1 Å². The van der Waals surface area contributed by atoms with Gasteiger partial charge in [-0.15, -0.1) is 0 Å². The van der Waals surface area contributed by atoms with Gasteiger partial charge in [0, 0.05) is 29.2 Å². The summed E-state index contributed by atoms with van der Waals surface area (Å²) in [5, 5.41) is 5.73. The van der Waals surface area contributed by atoms with E-state index < -0.39 is 0 Å². The van der Waals surface area contributed by atoms with Crippen molar-refractivity contribution >= 4 is 27.7 Å². The number of hydrogen-bond acceptors (Lipinski definition) is 3. The molecular weight excluding hydrogens is 358 g/mol. The molecule has 2 aliphatic rings. The zero-order valence-electron chi connectivity index (χ0n) is 12.9. The highest BCUT2D eigenvalue weighted by Gasteiger charge is 2.48. The van der Waals surface area contributed by atoms with Crippen molar-refractivity contribution in [1.82, 2.24) is 10.6 Å². The molecule has 0 saturated heterocycles. The van der Waals surface area contributed by atoms with Crippen molar-refractivity contribution in [3.63, 3.8) is 0 Å². The highest BCUT2D eigenvalue weighted by atomic mass is 79.9. The highest BCUT2D eigenvalue weighted by Crippen LogP contribution is 2.47. The maximum atomic E-state index is 12.3. The van der Waals surface area contributed by atoms with Gasteiger partial charge in [0.2, 0.25) is 5.91 Å². The van der Waals surface area contributed by atoms with Crippen LogP contribution in [-0.4, -0.2) is 30.9 Å². The second kappa shape index (κ2) is 7.01.